The van der Waals surface area contributed by atoms with Gasteiger partial charge in [0.05, 0.1) is 5.75 Å². The Balaban J connectivity index is 1.40. The molecule has 2 saturated carbocycles. The molecule has 1 unspecified atom stereocenters. The van der Waals surface area contributed by atoms with E-state index in [1.807, 2.05) is 0 Å². The van der Waals surface area contributed by atoms with Gasteiger partial charge in [-0.1, -0.05) is 5.16 Å². The predicted octanol–water partition coefficient (Wildman–Crippen LogP) is 1.35. The summed E-state index contributed by atoms with van der Waals surface area (Å²) >= 11 is 0. The SMILES string of the molecule is NCCCS(=O)(=O)N1CCC(NC(=O)c2cc(C3CC3)on2)CC12CCC2. The van der Waals surface area contributed by atoms with E-state index in [0.717, 1.165) is 37.9 Å². The molecule has 2 heterocycles. The van der Waals surface area contributed by atoms with Gasteiger partial charge in [0.25, 0.3) is 5.91 Å². The molecule has 27 heavy (non-hydrogen) atoms. The number of nitrogens with two attached hydrogens (primary N) is 1. The van der Waals surface area contributed by atoms with E-state index in [1.54, 1.807) is 10.4 Å². The highest BCUT2D eigenvalue weighted by Gasteiger charge is 2.51. The largest absolute Gasteiger partial charge is 0.360 e. The van der Waals surface area contributed by atoms with Crippen molar-refractivity contribution in [3.8, 4) is 0 Å². The van der Waals surface area contributed by atoms with Crippen LogP contribution in [0.3, 0.4) is 0 Å². The van der Waals surface area contributed by atoms with E-state index >= 15 is 0 Å². The summed E-state index contributed by atoms with van der Waals surface area (Å²) in [4.78, 5) is 12.5. The van der Waals surface area contributed by atoms with Crippen LogP contribution in [0, 0.1) is 0 Å². The summed E-state index contributed by atoms with van der Waals surface area (Å²) < 4.78 is 32.4. The molecule has 9 heteroatoms. The monoisotopic (exact) mass is 396 g/mol. The molecule has 0 bridgehead atoms. The van der Waals surface area contributed by atoms with Crippen molar-refractivity contribution >= 4 is 15.9 Å². The van der Waals surface area contributed by atoms with Crippen molar-refractivity contribution in [1.82, 2.24) is 14.8 Å². The van der Waals surface area contributed by atoms with E-state index in [9.17, 15) is 13.2 Å². The molecular weight excluding hydrogens is 368 g/mol. The van der Waals surface area contributed by atoms with Gasteiger partial charge in [-0.05, 0) is 57.9 Å². The third-order valence-corrected chi connectivity index (χ3v) is 8.18. The van der Waals surface area contributed by atoms with E-state index in [1.165, 1.54) is 0 Å². The topological polar surface area (TPSA) is 119 Å². The Kier molecular flexibility index (Phi) is 5.02. The van der Waals surface area contributed by atoms with Crippen LogP contribution in [0.5, 0.6) is 0 Å². The number of sulfonamides is 1. The maximum Gasteiger partial charge on any atom is 0.273 e. The van der Waals surface area contributed by atoms with E-state index in [-0.39, 0.29) is 23.2 Å². The zero-order valence-corrected chi connectivity index (χ0v) is 16.3. The fourth-order valence-corrected chi connectivity index (χ4v) is 6.34. The number of nitrogens with one attached hydrogen (secondary N) is 1. The van der Waals surface area contributed by atoms with Crippen LogP contribution in [0.15, 0.2) is 10.6 Å². The van der Waals surface area contributed by atoms with E-state index in [2.05, 4.69) is 10.5 Å². The van der Waals surface area contributed by atoms with Crippen molar-refractivity contribution in [3.63, 3.8) is 0 Å². The fourth-order valence-electron chi connectivity index (χ4n) is 4.36. The summed E-state index contributed by atoms with van der Waals surface area (Å²) in [6.07, 6.45) is 6.68. The summed E-state index contributed by atoms with van der Waals surface area (Å²) in [5.41, 5.74) is 5.47. The molecule has 1 amide bonds. The molecule has 0 radical (unpaired) electrons. The summed E-state index contributed by atoms with van der Waals surface area (Å²) in [5.74, 6) is 1.07. The molecule has 1 saturated heterocycles. The molecule has 0 aromatic carbocycles. The summed E-state index contributed by atoms with van der Waals surface area (Å²) in [5, 5.41) is 6.94. The molecule has 4 rings (SSSR count). The molecule has 3 N–H and O–H groups in total. The van der Waals surface area contributed by atoms with Gasteiger partial charge in [0.1, 0.15) is 5.76 Å². The lowest BCUT2D eigenvalue weighted by molar-refractivity contribution is 0.0332. The number of amides is 1. The Morgan fingerprint density at radius 2 is 2.15 bits per heavy atom. The number of carbonyl (C=O) groups excluding carboxylic acids is 1. The second kappa shape index (κ2) is 7.18. The summed E-state index contributed by atoms with van der Waals surface area (Å²) in [6.45, 7) is 0.823. The van der Waals surface area contributed by atoms with Crippen molar-refractivity contribution in [3.05, 3.63) is 17.5 Å². The minimum Gasteiger partial charge on any atom is -0.360 e. The lowest BCUT2D eigenvalue weighted by Crippen LogP contribution is -2.63. The maximum absolute atomic E-state index is 12.7. The zero-order valence-electron chi connectivity index (χ0n) is 15.5. The summed E-state index contributed by atoms with van der Waals surface area (Å²) in [7, 11) is -3.30. The number of hydrogen-bond donors (Lipinski definition) is 2. The summed E-state index contributed by atoms with van der Waals surface area (Å²) in [6, 6.07) is 1.69. The van der Waals surface area contributed by atoms with Crippen molar-refractivity contribution in [2.45, 2.75) is 68.9 Å². The number of hydrogen-bond acceptors (Lipinski definition) is 6. The lowest BCUT2D eigenvalue weighted by Gasteiger charge is -2.54. The second-order valence-electron chi connectivity index (χ2n) is 8.16. The highest BCUT2D eigenvalue weighted by molar-refractivity contribution is 7.89. The van der Waals surface area contributed by atoms with Gasteiger partial charge in [-0.2, -0.15) is 4.31 Å². The minimum atomic E-state index is -3.30. The Labute approximate surface area is 159 Å². The quantitative estimate of drug-likeness (QED) is 0.718. The van der Waals surface area contributed by atoms with Crippen molar-refractivity contribution in [1.29, 1.82) is 0 Å². The van der Waals surface area contributed by atoms with Gasteiger partial charge >= 0.3 is 0 Å². The predicted molar refractivity (Wildman–Crippen MR) is 99.7 cm³/mol. The molecule has 150 valence electrons. The average molecular weight is 397 g/mol. The lowest BCUT2D eigenvalue weighted by atomic mass is 9.70. The molecule has 3 fully saturated rings. The molecule has 2 aliphatic carbocycles. The Bertz CT molecular complexity index is 798. The van der Waals surface area contributed by atoms with Crippen LogP contribution in [-0.4, -0.2) is 54.2 Å². The molecular formula is C18H28N4O4S. The molecule has 3 aliphatic rings. The van der Waals surface area contributed by atoms with Crippen LogP contribution < -0.4 is 11.1 Å². The Hall–Kier alpha value is -1.45. The normalized spacial score (nSPS) is 25.3. The van der Waals surface area contributed by atoms with Crippen molar-refractivity contribution in [2.24, 2.45) is 5.73 Å². The third-order valence-electron chi connectivity index (χ3n) is 6.14. The van der Waals surface area contributed by atoms with Crippen LogP contribution in [0.2, 0.25) is 0 Å². The number of piperidine rings is 1. The third kappa shape index (κ3) is 3.77. The van der Waals surface area contributed by atoms with Gasteiger partial charge in [0, 0.05) is 30.1 Å². The standard InChI is InChI=1S/C18H28N4O4S/c19-8-2-10-27(24,25)22-9-5-14(12-18(22)6-1-7-18)20-17(23)15-11-16(26-21-15)13-3-4-13/h11,13-14H,1-10,12,19H2,(H,20,23). The molecule has 8 nitrogen and oxygen atoms in total. The Morgan fingerprint density at radius 3 is 2.78 bits per heavy atom. The maximum atomic E-state index is 12.7. The molecule has 1 spiro atoms. The first-order chi connectivity index (χ1) is 12.9. The average Bonchev–Trinajstić information content (AvgIpc) is 3.35. The first-order valence-corrected chi connectivity index (χ1v) is 11.5. The molecule has 1 aromatic rings. The van der Waals surface area contributed by atoms with Gasteiger partial charge < -0.3 is 15.6 Å². The highest BCUT2D eigenvalue weighted by Crippen LogP contribution is 2.46. The smallest absolute Gasteiger partial charge is 0.273 e. The van der Waals surface area contributed by atoms with Gasteiger partial charge in [-0.3, -0.25) is 4.79 Å². The van der Waals surface area contributed by atoms with Crippen LogP contribution in [-0.2, 0) is 10.0 Å². The van der Waals surface area contributed by atoms with Gasteiger partial charge in [-0.15, -0.1) is 0 Å². The highest BCUT2D eigenvalue weighted by atomic mass is 32.2. The molecule has 1 aliphatic heterocycles. The zero-order chi connectivity index (χ0) is 19.1. The number of aromatic nitrogens is 1. The van der Waals surface area contributed by atoms with Gasteiger partial charge in [0.15, 0.2) is 5.69 Å². The minimum absolute atomic E-state index is 0.0418. The number of rotatable bonds is 7. The number of nitrogens with zero attached hydrogens (tertiary/aromatic N) is 2. The fraction of sp³-hybridized carbons (Fsp3) is 0.778. The van der Waals surface area contributed by atoms with E-state index in [4.69, 9.17) is 10.3 Å². The number of carbonyl (C=O) groups is 1. The van der Waals surface area contributed by atoms with E-state index < -0.39 is 10.0 Å². The first kappa shape index (κ1) is 18.9. The van der Waals surface area contributed by atoms with Crippen LogP contribution in [0.1, 0.15) is 73.5 Å². The molecule has 1 aromatic heterocycles. The second-order valence-corrected chi connectivity index (χ2v) is 10.2. The van der Waals surface area contributed by atoms with Gasteiger partial charge in [-0.25, -0.2) is 8.42 Å². The van der Waals surface area contributed by atoms with Crippen molar-refractivity contribution in [2.75, 3.05) is 18.8 Å². The van der Waals surface area contributed by atoms with Crippen molar-refractivity contribution < 1.29 is 17.7 Å². The van der Waals surface area contributed by atoms with Crippen LogP contribution >= 0.6 is 0 Å². The molecule has 1 atom stereocenters. The van der Waals surface area contributed by atoms with Crippen LogP contribution in [0.25, 0.3) is 0 Å². The van der Waals surface area contributed by atoms with E-state index in [0.29, 0.717) is 44.0 Å². The Morgan fingerprint density at radius 1 is 1.37 bits per heavy atom. The van der Waals surface area contributed by atoms with Crippen LogP contribution in [0.4, 0.5) is 0 Å². The first-order valence-electron chi connectivity index (χ1n) is 9.92. The van der Waals surface area contributed by atoms with Gasteiger partial charge in [0.2, 0.25) is 10.0 Å².